The molecule has 4 heteroatoms. The Bertz CT molecular complexity index is 825. The summed E-state index contributed by atoms with van der Waals surface area (Å²) in [7, 11) is 1.24. The first kappa shape index (κ1) is 13.2. The van der Waals surface area contributed by atoms with Crippen molar-refractivity contribution in [1.29, 1.82) is 0 Å². The fourth-order valence-corrected chi connectivity index (χ4v) is 2.42. The Kier molecular flexibility index (Phi) is 3.36. The molecule has 0 fully saturated rings. The molecule has 104 valence electrons. The minimum absolute atomic E-state index is 0.0516. The molecule has 0 spiro atoms. The quantitative estimate of drug-likeness (QED) is 0.670. The van der Waals surface area contributed by atoms with Crippen molar-refractivity contribution in [2.24, 2.45) is 0 Å². The smallest absolute Gasteiger partial charge is 0.341 e. The lowest BCUT2D eigenvalue weighted by molar-refractivity contribution is 0.0596. The van der Waals surface area contributed by atoms with E-state index in [-0.39, 0.29) is 5.56 Å². The molecule has 0 saturated heterocycles. The molecule has 0 radical (unpaired) electrons. The van der Waals surface area contributed by atoms with E-state index < -0.39 is 11.8 Å². The van der Waals surface area contributed by atoms with Gasteiger partial charge in [0.05, 0.1) is 7.11 Å². The van der Waals surface area contributed by atoms with E-state index in [0.717, 1.165) is 16.3 Å². The van der Waals surface area contributed by atoms with Gasteiger partial charge in [-0.25, -0.2) is 9.18 Å². The Labute approximate surface area is 121 Å². The Morgan fingerprint density at radius 1 is 1.10 bits per heavy atom. The molecule has 0 aliphatic carbocycles. The second kappa shape index (κ2) is 5.32. The van der Waals surface area contributed by atoms with Gasteiger partial charge in [0.2, 0.25) is 0 Å². The number of ether oxygens (including phenoxy) is 1. The molecule has 0 N–H and O–H groups in total. The maximum Gasteiger partial charge on any atom is 0.341 e. The van der Waals surface area contributed by atoms with Crippen molar-refractivity contribution >= 4 is 16.7 Å². The summed E-state index contributed by atoms with van der Waals surface area (Å²) in [6.45, 7) is 0. The van der Waals surface area contributed by atoms with Gasteiger partial charge < -0.3 is 4.74 Å². The highest BCUT2D eigenvalue weighted by Gasteiger charge is 2.19. The summed E-state index contributed by atoms with van der Waals surface area (Å²) in [5.74, 6) is -1.28. The molecule has 0 aliphatic heterocycles. The van der Waals surface area contributed by atoms with Crippen LogP contribution in [-0.2, 0) is 4.74 Å². The van der Waals surface area contributed by atoms with Crippen LogP contribution in [0.25, 0.3) is 21.9 Å². The molecule has 0 saturated carbocycles. The van der Waals surface area contributed by atoms with Crippen LogP contribution in [0.5, 0.6) is 0 Å². The van der Waals surface area contributed by atoms with Crippen LogP contribution >= 0.6 is 0 Å². The Morgan fingerprint density at radius 2 is 1.86 bits per heavy atom. The largest absolute Gasteiger partial charge is 0.465 e. The first-order valence-corrected chi connectivity index (χ1v) is 6.42. The van der Waals surface area contributed by atoms with Crippen molar-refractivity contribution in [2.75, 3.05) is 7.11 Å². The molecule has 21 heavy (non-hydrogen) atoms. The van der Waals surface area contributed by atoms with Gasteiger partial charge in [0.15, 0.2) is 0 Å². The Balaban J connectivity index is 2.34. The third-order valence-electron chi connectivity index (χ3n) is 3.37. The van der Waals surface area contributed by atoms with Gasteiger partial charge in [0, 0.05) is 17.8 Å². The highest BCUT2D eigenvalue weighted by atomic mass is 19.1. The Morgan fingerprint density at radius 3 is 2.67 bits per heavy atom. The van der Waals surface area contributed by atoms with Crippen LogP contribution in [0.2, 0.25) is 0 Å². The second-order valence-electron chi connectivity index (χ2n) is 4.56. The molecule has 0 aliphatic rings. The highest BCUT2D eigenvalue weighted by Crippen LogP contribution is 2.32. The number of fused-ring (bicyclic) bond motifs is 1. The van der Waals surface area contributed by atoms with E-state index in [4.69, 9.17) is 4.74 Å². The lowest BCUT2D eigenvalue weighted by atomic mass is 9.95. The van der Waals surface area contributed by atoms with Gasteiger partial charge in [-0.1, -0.05) is 30.3 Å². The molecule has 3 rings (SSSR count). The third-order valence-corrected chi connectivity index (χ3v) is 3.37. The van der Waals surface area contributed by atoms with E-state index in [9.17, 15) is 9.18 Å². The van der Waals surface area contributed by atoms with Crippen LogP contribution in [0.15, 0.2) is 54.9 Å². The monoisotopic (exact) mass is 281 g/mol. The average Bonchev–Trinajstić information content (AvgIpc) is 2.53. The lowest BCUT2D eigenvalue weighted by Crippen LogP contribution is -2.06. The molecule has 1 aromatic heterocycles. The number of benzene rings is 2. The van der Waals surface area contributed by atoms with E-state index in [2.05, 4.69) is 4.98 Å². The number of hydrogen-bond acceptors (Lipinski definition) is 3. The maximum absolute atomic E-state index is 14.1. The van der Waals surface area contributed by atoms with E-state index in [1.807, 2.05) is 24.3 Å². The standard InChI is InChI=1S/C17H12FNO2/c1-21-17(20)16-14(6-3-7-15(16)18)13-5-2-4-11-10-19-9-8-12(11)13/h2-10H,1H3. The number of carbonyl (C=O) groups is 1. The zero-order chi connectivity index (χ0) is 14.8. The van der Waals surface area contributed by atoms with Gasteiger partial charge >= 0.3 is 5.97 Å². The van der Waals surface area contributed by atoms with Gasteiger partial charge in [-0.15, -0.1) is 0 Å². The fraction of sp³-hybridized carbons (Fsp3) is 0.0588. The van der Waals surface area contributed by atoms with E-state index >= 15 is 0 Å². The summed E-state index contributed by atoms with van der Waals surface area (Å²) < 4.78 is 18.8. The second-order valence-corrected chi connectivity index (χ2v) is 4.56. The molecule has 0 bridgehead atoms. The first-order chi connectivity index (χ1) is 10.2. The minimum Gasteiger partial charge on any atom is -0.465 e. The average molecular weight is 281 g/mol. The SMILES string of the molecule is COC(=O)c1c(F)cccc1-c1cccc2cnccc12. The zero-order valence-electron chi connectivity index (χ0n) is 11.3. The molecule has 3 nitrogen and oxygen atoms in total. The number of aromatic nitrogens is 1. The van der Waals surface area contributed by atoms with Gasteiger partial charge in [-0.2, -0.15) is 0 Å². The Hall–Kier alpha value is -2.75. The third kappa shape index (κ3) is 2.25. The number of hydrogen-bond donors (Lipinski definition) is 0. The molecular formula is C17H12FNO2. The number of esters is 1. The maximum atomic E-state index is 14.1. The van der Waals surface area contributed by atoms with Crippen molar-refractivity contribution in [3.05, 3.63) is 66.2 Å². The molecule has 1 heterocycles. The summed E-state index contributed by atoms with van der Waals surface area (Å²) >= 11 is 0. The number of halogens is 1. The lowest BCUT2D eigenvalue weighted by Gasteiger charge is -2.11. The molecule has 0 unspecified atom stereocenters. The zero-order valence-corrected chi connectivity index (χ0v) is 11.3. The highest BCUT2D eigenvalue weighted by molar-refractivity contribution is 6.04. The number of nitrogens with zero attached hydrogens (tertiary/aromatic N) is 1. The summed E-state index contributed by atoms with van der Waals surface area (Å²) in [5, 5.41) is 1.83. The van der Waals surface area contributed by atoms with Crippen molar-refractivity contribution in [1.82, 2.24) is 4.98 Å². The van der Waals surface area contributed by atoms with E-state index in [0.29, 0.717) is 5.56 Å². The topological polar surface area (TPSA) is 39.2 Å². The van der Waals surface area contributed by atoms with Crippen molar-refractivity contribution in [3.8, 4) is 11.1 Å². The molecule has 0 amide bonds. The predicted octanol–water partition coefficient (Wildman–Crippen LogP) is 3.83. The van der Waals surface area contributed by atoms with E-state index in [1.165, 1.54) is 13.2 Å². The fourth-order valence-electron chi connectivity index (χ4n) is 2.42. The van der Waals surface area contributed by atoms with Crippen molar-refractivity contribution in [3.63, 3.8) is 0 Å². The van der Waals surface area contributed by atoms with Gasteiger partial charge in [-0.05, 0) is 28.6 Å². The van der Waals surface area contributed by atoms with Gasteiger partial charge in [0.1, 0.15) is 11.4 Å². The van der Waals surface area contributed by atoms with E-state index in [1.54, 1.807) is 24.5 Å². The van der Waals surface area contributed by atoms with Crippen LogP contribution < -0.4 is 0 Å². The molecule has 2 aromatic carbocycles. The summed E-state index contributed by atoms with van der Waals surface area (Å²) in [6.07, 6.45) is 3.40. The minimum atomic E-state index is -0.686. The number of carbonyl (C=O) groups excluding carboxylic acids is 1. The number of pyridine rings is 1. The van der Waals surface area contributed by atoms with Crippen LogP contribution in [0.3, 0.4) is 0 Å². The molecule has 3 aromatic rings. The van der Waals surface area contributed by atoms with Crippen molar-refractivity contribution < 1.29 is 13.9 Å². The normalized spacial score (nSPS) is 10.6. The molecular weight excluding hydrogens is 269 g/mol. The van der Waals surface area contributed by atoms with Crippen molar-refractivity contribution in [2.45, 2.75) is 0 Å². The summed E-state index contributed by atoms with van der Waals surface area (Å²) in [4.78, 5) is 16.0. The molecule has 0 atom stereocenters. The predicted molar refractivity (Wildman–Crippen MR) is 78.5 cm³/mol. The first-order valence-electron chi connectivity index (χ1n) is 6.42. The summed E-state index contributed by atoms with van der Waals surface area (Å²) in [5.41, 5.74) is 1.23. The van der Waals surface area contributed by atoms with Crippen LogP contribution in [0, 0.1) is 5.82 Å². The summed E-state index contributed by atoms with van der Waals surface area (Å²) in [6, 6.07) is 12.0. The number of methoxy groups -OCH3 is 1. The van der Waals surface area contributed by atoms with Crippen LogP contribution in [0.1, 0.15) is 10.4 Å². The van der Waals surface area contributed by atoms with Gasteiger partial charge in [0.25, 0.3) is 0 Å². The van der Waals surface area contributed by atoms with Crippen LogP contribution in [0.4, 0.5) is 4.39 Å². The van der Waals surface area contributed by atoms with Crippen LogP contribution in [-0.4, -0.2) is 18.1 Å². The number of rotatable bonds is 2. The van der Waals surface area contributed by atoms with Gasteiger partial charge in [-0.3, -0.25) is 4.98 Å².